The molecule has 0 bridgehead atoms. The number of aryl methyl sites for hydroxylation is 1. The number of hydrogen-bond acceptors (Lipinski definition) is 3. The van der Waals surface area contributed by atoms with Gasteiger partial charge in [-0.2, -0.15) is 5.26 Å². The first kappa shape index (κ1) is 11.4. The molecule has 1 aromatic carbocycles. The summed E-state index contributed by atoms with van der Waals surface area (Å²) >= 11 is 0. The van der Waals surface area contributed by atoms with Gasteiger partial charge >= 0.3 is 0 Å². The van der Waals surface area contributed by atoms with Crippen molar-refractivity contribution in [1.29, 1.82) is 5.26 Å². The smallest absolute Gasteiger partial charge is 0.0640 e. The van der Waals surface area contributed by atoms with Crippen LogP contribution in [0.25, 0.3) is 0 Å². The van der Waals surface area contributed by atoms with Crippen LogP contribution in [-0.2, 0) is 0 Å². The van der Waals surface area contributed by atoms with Gasteiger partial charge in [-0.25, -0.2) is 0 Å². The van der Waals surface area contributed by atoms with Crippen molar-refractivity contribution < 1.29 is 0 Å². The fraction of sp³-hybridized carbons (Fsp3) is 0.417. The quantitative estimate of drug-likeness (QED) is 0.764. The summed E-state index contributed by atoms with van der Waals surface area (Å²) in [5, 5.41) is 8.57. The molecular weight excluding hydrogens is 186 g/mol. The lowest BCUT2D eigenvalue weighted by atomic mass is 10.1. The third-order valence-corrected chi connectivity index (χ3v) is 2.40. The van der Waals surface area contributed by atoms with Gasteiger partial charge in [-0.1, -0.05) is 6.07 Å². The molecule has 0 aromatic heterocycles. The van der Waals surface area contributed by atoms with Crippen molar-refractivity contribution in [2.45, 2.75) is 20.3 Å². The van der Waals surface area contributed by atoms with Gasteiger partial charge in [0.2, 0.25) is 0 Å². The Balaban J connectivity index is 2.91. The summed E-state index contributed by atoms with van der Waals surface area (Å²) in [6.45, 7) is 5.72. The fourth-order valence-electron chi connectivity index (χ4n) is 1.56. The zero-order chi connectivity index (χ0) is 11.3. The van der Waals surface area contributed by atoms with Gasteiger partial charge < -0.3 is 10.6 Å². The highest BCUT2D eigenvalue weighted by atomic mass is 15.1. The van der Waals surface area contributed by atoms with Gasteiger partial charge in [0.15, 0.2) is 0 Å². The minimum absolute atomic E-state index is 0.529. The van der Waals surface area contributed by atoms with E-state index in [0.29, 0.717) is 6.42 Å². The third kappa shape index (κ3) is 2.88. The normalized spacial score (nSPS) is 9.67. The monoisotopic (exact) mass is 203 g/mol. The van der Waals surface area contributed by atoms with Crippen molar-refractivity contribution in [2.24, 2.45) is 0 Å². The molecule has 15 heavy (non-hydrogen) atoms. The maximum atomic E-state index is 8.57. The maximum Gasteiger partial charge on any atom is 0.0640 e. The SMILES string of the molecule is CCN(CCC#N)c1cc(C)ccc1N. The first-order valence-electron chi connectivity index (χ1n) is 5.17. The molecule has 0 aliphatic rings. The van der Waals surface area contributed by atoms with Gasteiger partial charge in [0, 0.05) is 13.1 Å². The van der Waals surface area contributed by atoms with Gasteiger partial charge in [0.25, 0.3) is 0 Å². The lowest BCUT2D eigenvalue weighted by Gasteiger charge is -2.23. The van der Waals surface area contributed by atoms with Gasteiger partial charge in [0.05, 0.1) is 23.9 Å². The second-order valence-electron chi connectivity index (χ2n) is 3.55. The number of hydrogen-bond donors (Lipinski definition) is 1. The molecule has 3 heteroatoms. The van der Waals surface area contributed by atoms with Crippen LogP contribution < -0.4 is 10.6 Å². The summed E-state index contributed by atoms with van der Waals surface area (Å²) in [5.41, 5.74) is 8.92. The maximum absolute atomic E-state index is 8.57. The van der Waals surface area contributed by atoms with Crippen molar-refractivity contribution in [1.82, 2.24) is 0 Å². The van der Waals surface area contributed by atoms with E-state index in [-0.39, 0.29) is 0 Å². The van der Waals surface area contributed by atoms with Crippen LogP contribution >= 0.6 is 0 Å². The van der Waals surface area contributed by atoms with Gasteiger partial charge in [-0.3, -0.25) is 0 Å². The predicted molar refractivity (Wildman–Crippen MR) is 63.7 cm³/mol. The average molecular weight is 203 g/mol. The summed E-state index contributed by atoms with van der Waals surface area (Å²) in [6.07, 6.45) is 0.529. The van der Waals surface area contributed by atoms with Crippen LogP contribution in [0.1, 0.15) is 18.9 Å². The van der Waals surface area contributed by atoms with E-state index < -0.39 is 0 Å². The second-order valence-corrected chi connectivity index (χ2v) is 3.55. The highest BCUT2D eigenvalue weighted by Crippen LogP contribution is 2.24. The molecule has 0 amide bonds. The number of anilines is 2. The van der Waals surface area contributed by atoms with Crippen LogP contribution in [0.4, 0.5) is 11.4 Å². The molecule has 3 nitrogen and oxygen atoms in total. The topological polar surface area (TPSA) is 53.0 Å². The highest BCUT2D eigenvalue weighted by Gasteiger charge is 2.07. The molecule has 0 saturated heterocycles. The molecule has 0 spiro atoms. The Morgan fingerprint density at radius 3 is 2.80 bits per heavy atom. The molecule has 0 atom stereocenters. The number of nitrogens with two attached hydrogens (primary N) is 1. The highest BCUT2D eigenvalue weighted by molar-refractivity contribution is 5.68. The van der Waals surface area contributed by atoms with E-state index in [1.807, 2.05) is 19.1 Å². The Kier molecular flexibility index (Phi) is 3.99. The molecule has 0 radical (unpaired) electrons. The summed E-state index contributed by atoms with van der Waals surface area (Å²) < 4.78 is 0. The van der Waals surface area contributed by atoms with Crippen molar-refractivity contribution in [3.05, 3.63) is 23.8 Å². The Morgan fingerprint density at radius 2 is 2.20 bits per heavy atom. The van der Waals surface area contributed by atoms with E-state index in [1.54, 1.807) is 0 Å². The molecule has 0 aliphatic carbocycles. The van der Waals surface area contributed by atoms with Crippen LogP contribution in [0.5, 0.6) is 0 Å². The average Bonchev–Trinajstić information content (AvgIpc) is 2.24. The number of benzene rings is 1. The van der Waals surface area contributed by atoms with Crippen LogP contribution in [0.2, 0.25) is 0 Å². The zero-order valence-corrected chi connectivity index (χ0v) is 9.33. The molecule has 0 aliphatic heterocycles. The van der Waals surface area contributed by atoms with Crippen LogP contribution in [-0.4, -0.2) is 13.1 Å². The van der Waals surface area contributed by atoms with Crippen LogP contribution in [0, 0.1) is 18.3 Å². The fourth-order valence-corrected chi connectivity index (χ4v) is 1.56. The molecule has 0 unspecified atom stereocenters. The molecule has 2 N–H and O–H groups in total. The zero-order valence-electron chi connectivity index (χ0n) is 9.33. The molecule has 1 rings (SSSR count). The minimum Gasteiger partial charge on any atom is -0.397 e. The predicted octanol–water partition coefficient (Wildman–Crippen LogP) is 2.32. The van der Waals surface area contributed by atoms with Crippen molar-refractivity contribution in [3.8, 4) is 6.07 Å². The Morgan fingerprint density at radius 1 is 1.47 bits per heavy atom. The number of nitrogen functional groups attached to an aromatic ring is 1. The van der Waals surface area contributed by atoms with E-state index in [9.17, 15) is 0 Å². The summed E-state index contributed by atoms with van der Waals surface area (Å²) in [7, 11) is 0. The number of rotatable bonds is 4. The molecule has 80 valence electrons. The Labute approximate surface area is 91.1 Å². The van der Waals surface area contributed by atoms with Gasteiger partial charge in [0.1, 0.15) is 0 Å². The molecule has 0 heterocycles. The van der Waals surface area contributed by atoms with Crippen LogP contribution in [0.3, 0.4) is 0 Å². The third-order valence-electron chi connectivity index (χ3n) is 2.40. The lowest BCUT2D eigenvalue weighted by Crippen LogP contribution is -2.24. The summed E-state index contributed by atoms with van der Waals surface area (Å²) in [6, 6.07) is 8.13. The largest absolute Gasteiger partial charge is 0.397 e. The molecule has 0 fully saturated rings. The van der Waals surface area contributed by atoms with Crippen molar-refractivity contribution in [3.63, 3.8) is 0 Å². The van der Waals surface area contributed by atoms with E-state index in [2.05, 4.69) is 24.0 Å². The van der Waals surface area contributed by atoms with Crippen LogP contribution in [0.15, 0.2) is 18.2 Å². The van der Waals surface area contributed by atoms with Gasteiger partial charge in [-0.15, -0.1) is 0 Å². The summed E-state index contributed by atoms with van der Waals surface area (Å²) in [5.74, 6) is 0. The van der Waals surface area contributed by atoms with Gasteiger partial charge in [-0.05, 0) is 31.5 Å². The Bertz CT molecular complexity index is 366. The summed E-state index contributed by atoms with van der Waals surface area (Å²) in [4.78, 5) is 2.13. The molecule has 0 saturated carbocycles. The van der Waals surface area contributed by atoms with E-state index in [4.69, 9.17) is 11.0 Å². The molecular formula is C12H17N3. The van der Waals surface area contributed by atoms with E-state index in [0.717, 1.165) is 24.5 Å². The number of nitriles is 1. The first-order chi connectivity index (χ1) is 7.19. The minimum atomic E-state index is 0.529. The molecule has 1 aromatic rings. The second kappa shape index (κ2) is 5.26. The standard InChI is InChI=1S/C12H17N3/c1-3-15(8-4-7-13)12-9-10(2)5-6-11(12)14/h5-6,9H,3-4,8,14H2,1-2H3. The van der Waals surface area contributed by atoms with E-state index in [1.165, 1.54) is 5.56 Å². The number of nitrogens with zero attached hydrogens (tertiary/aromatic N) is 2. The first-order valence-corrected chi connectivity index (χ1v) is 5.17. The van der Waals surface area contributed by atoms with Crippen molar-refractivity contribution in [2.75, 3.05) is 23.7 Å². The lowest BCUT2D eigenvalue weighted by molar-refractivity contribution is 0.828. The Hall–Kier alpha value is -1.69. The van der Waals surface area contributed by atoms with E-state index >= 15 is 0 Å². The van der Waals surface area contributed by atoms with Crippen molar-refractivity contribution >= 4 is 11.4 Å².